The molecule has 0 unspecified atom stereocenters. The first-order chi connectivity index (χ1) is 8.81. The van der Waals surface area contributed by atoms with Crippen LogP contribution in [0.1, 0.15) is 32.3 Å². The van der Waals surface area contributed by atoms with Crippen LogP contribution in [-0.2, 0) is 19.6 Å². The van der Waals surface area contributed by atoms with E-state index < -0.39 is 0 Å². The van der Waals surface area contributed by atoms with Crippen LogP contribution in [0.15, 0.2) is 24.8 Å². The molecule has 18 heavy (non-hydrogen) atoms. The highest BCUT2D eigenvalue weighted by molar-refractivity contribution is 5.38. The van der Waals surface area contributed by atoms with Crippen molar-refractivity contribution in [3.63, 3.8) is 0 Å². The number of anilines is 1. The molecule has 0 atom stereocenters. The maximum Gasteiger partial charge on any atom is 0.0729 e. The first-order valence-electron chi connectivity index (χ1n) is 6.59. The highest BCUT2D eigenvalue weighted by atomic mass is 15.3. The van der Waals surface area contributed by atoms with E-state index >= 15 is 0 Å². The molecule has 0 aromatic carbocycles. The fourth-order valence-corrected chi connectivity index (χ4v) is 1.86. The summed E-state index contributed by atoms with van der Waals surface area (Å²) >= 11 is 0. The summed E-state index contributed by atoms with van der Waals surface area (Å²) in [5, 5.41) is 12.0. The lowest BCUT2D eigenvalue weighted by atomic mass is 10.3. The zero-order valence-electron chi connectivity index (χ0n) is 11.1. The van der Waals surface area contributed by atoms with E-state index in [0.29, 0.717) is 0 Å². The number of hydrogen-bond acceptors (Lipinski definition) is 3. The van der Waals surface area contributed by atoms with E-state index in [1.165, 1.54) is 5.56 Å². The molecule has 0 spiro atoms. The lowest BCUT2D eigenvalue weighted by molar-refractivity contribution is 0.602. The predicted molar refractivity (Wildman–Crippen MR) is 72.4 cm³/mol. The van der Waals surface area contributed by atoms with Crippen molar-refractivity contribution >= 4 is 5.69 Å². The monoisotopic (exact) mass is 247 g/mol. The van der Waals surface area contributed by atoms with Gasteiger partial charge in [0, 0.05) is 37.6 Å². The van der Waals surface area contributed by atoms with Crippen molar-refractivity contribution in [2.45, 2.75) is 46.3 Å². The molecule has 0 aliphatic rings. The van der Waals surface area contributed by atoms with Gasteiger partial charge in [-0.2, -0.15) is 10.2 Å². The Morgan fingerprint density at radius 3 is 2.39 bits per heavy atom. The van der Waals surface area contributed by atoms with Gasteiger partial charge in [0.05, 0.1) is 18.1 Å². The van der Waals surface area contributed by atoms with Gasteiger partial charge in [-0.1, -0.05) is 13.8 Å². The quantitative estimate of drug-likeness (QED) is 0.817. The summed E-state index contributed by atoms with van der Waals surface area (Å²) in [6, 6.07) is 0. The molecule has 2 rings (SSSR count). The lowest BCUT2D eigenvalue weighted by Crippen LogP contribution is -1.99. The highest BCUT2D eigenvalue weighted by Crippen LogP contribution is 2.08. The van der Waals surface area contributed by atoms with Crippen LogP contribution in [0, 0.1) is 0 Å². The van der Waals surface area contributed by atoms with Crippen molar-refractivity contribution in [3.05, 3.63) is 30.4 Å². The first kappa shape index (κ1) is 12.7. The molecule has 0 fully saturated rings. The van der Waals surface area contributed by atoms with Crippen LogP contribution in [0.25, 0.3) is 0 Å². The molecule has 5 heteroatoms. The number of aryl methyl sites for hydroxylation is 2. The average Bonchev–Trinajstić information content (AvgIpc) is 2.97. The largest absolute Gasteiger partial charge is 0.378 e. The third-order valence-corrected chi connectivity index (χ3v) is 2.72. The molecule has 2 aromatic rings. The van der Waals surface area contributed by atoms with Gasteiger partial charge in [0.15, 0.2) is 0 Å². The number of aromatic nitrogens is 4. The van der Waals surface area contributed by atoms with Crippen molar-refractivity contribution in [1.29, 1.82) is 0 Å². The molecular weight excluding hydrogens is 226 g/mol. The van der Waals surface area contributed by atoms with E-state index in [2.05, 4.69) is 35.6 Å². The van der Waals surface area contributed by atoms with Crippen molar-refractivity contribution in [2.24, 2.45) is 0 Å². The zero-order valence-corrected chi connectivity index (χ0v) is 11.1. The fourth-order valence-electron chi connectivity index (χ4n) is 1.86. The average molecular weight is 247 g/mol. The second-order valence-electron chi connectivity index (χ2n) is 4.46. The summed E-state index contributed by atoms with van der Waals surface area (Å²) in [5.41, 5.74) is 2.26. The molecule has 0 saturated heterocycles. The van der Waals surface area contributed by atoms with Crippen LogP contribution in [-0.4, -0.2) is 19.6 Å². The van der Waals surface area contributed by atoms with Crippen LogP contribution in [0.2, 0.25) is 0 Å². The number of rotatable bonds is 7. The highest BCUT2D eigenvalue weighted by Gasteiger charge is 2.00. The molecule has 98 valence electrons. The van der Waals surface area contributed by atoms with Crippen molar-refractivity contribution in [2.75, 3.05) is 5.32 Å². The summed E-state index contributed by atoms with van der Waals surface area (Å²) in [6.45, 7) is 7.05. The Bertz CT molecular complexity index is 427. The van der Waals surface area contributed by atoms with E-state index in [-0.39, 0.29) is 0 Å². The van der Waals surface area contributed by atoms with E-state index in [1.54, 1.807) is 0 Å². The first-order valence-corrected chi connectivity index (χ1v) is 6.59. The van der Waals surface area contributed by atoms with Crippen LogP contribution < -0.4 is 5.32 Å². The van der Waals surface area contributed by atoms with Crippen LogP contribution in [0.3, 0.4) is 0 Å². The smallest absolute Gasteiger partial charge is 0.0729 e. The van der Waals surface area contributed by atoms with E-state index in [9.17, 15) is 0 Å². The summed E-state index contributed by atoms with van der Waals surface area (Å²) < 4.78 is 3.94. The Labute approximate surface area is 108 Å². The SMILES string of the molecule is CCCn1cc(CNc2cnn(CCC)c2)cn1. The maximum atomic E-state index is 4.31. The molecule has 2 heterocycles. The zero-order chi connectivity index (χ0) is 12.8. The van der Waals surface area contributed by atoms with Crippen molar-refractivity contribution in [1.82, 2.24) is 19.6 Å². The second kappa shape index (κ2) is 6.23. The van der Waals surface area contributed by atoms with Gasteiger partial charge in [-0.15, -0.1) is 0 Å². The Hall–Kier alpha value is -1.78. The van der Waals surface area contributed by atoms with Gasteiger partial charge in [0.1, 0.15) is 0 Å². The van der Waals surface area contributed by atoms with Gasteiger partial charge >= 0.3 is 0 Å². The molecule has 0 amide bonds. The van der Waals surface area contributed by atoms with E-state index in [4.69, 9.17) is 0 Å². The Balaban J connectivity index is 1.85. The van der Waals surface area contributed by atoms with Gasteiger partial charge in [0.2, 0.25) is 0 Å². The Kier molecular flexibility index (Phi) is 4.39. The molecule has 0 aliphatic carbocycles. The third-order valence-electron chi connectivity index (χ3n) is 2.72. The second-order valence-corrected chi connectivity index (χ2v) is 4.46. The van der Waals surface area contributed by atoms with Crippen molar-refractivity contribution < 1.29 is 0 Å². The minimum Gasteiger partial charge on any atom is -0.378 e. The maximum absolute atomic E-state index is 4.31. The molecule has 0 radical (unpaired) electrons. The van der Waals surface area contributed by atoms with Gasteiger partial charge in [-0.25, -0.2) is 0 Å². The number of nitrogens with zero attached hydrogens (tertiary/aromatic N) is 4. The van der Waals surface area contributed by atoms with Crippen LogP contribution in [0.4, 0.5) is 5.69 Å². The normalized spacial score (nSPS) is 10.8. The molecule has 0 bridgehead atoms. The molecular formula is C13H21N5. The number of hydrogen-bond donors (Lipinski definition) is 1. The summed E-state index contributed by atoms with van der Waals surface area (Å²) in [7, 11) is 0. The molecule has 0 aliphatic heterocycles. The summed E-state index contributed by atoms with van der Waals surface area (Å²) in [4.78, 5) is 0. The van der Waals surface area contributed by atoms with Gasteiger partial charge in [-0.05, 0) is 12.8 Å². The molecule has 1 N–H and O–H groups in total. The topological polar surface area (TPSA) is 47.7 Å². The van der Waals surface area contributed by atoms with E-state index in [1.807, 2.05) is 28.0 Å². The number of nitrogens with one attached hydrogen (secondary N) is 1. The Morgan fingerprint density at radius 2 is 1.67 bits per heavy atom. The third kappa shape index (κ3) is 3.35. The Morgan fingerprint density at radius 1 is 1.00 bits per heavy atom. The minimum atomic E-state index is 0.793. The molecule has 2 aromatic heterocycles. The molecule has 5 nitrogen and oxygen atoms in total. The molecule has 0 saturated carbocycles. The fraction of sp³-hybridized carbons (Fsp3) is 0.538. The standard InChI is InChI=1S/C13H21N5/c1-3-5-17-10-12(8-15-17)7-14-13-9-16-18(11-13)6-4-2/h8-11,14H,3-7H2,1-2H3. The van der Waals surface area contributed by atoms with Gasteiger partial charge in [0.25, 0.3) is 0 Å². The van der Waals surface area contributed by atoms with Crippen LogP contribution in [0.5, 0.6) is 0 Å². The lowest BCUT2D eigenvalue weighted by Gasteiger charge is -2.00. The van der Waals surface area contributed by atoms with Crippen molar-refractivity contribution in [3.8, 4) is 0 Å². The van der Waals surface area contributed by atoms with E-state index in [0.717, 1.165) is 38.2 Å². The predicted octanol–water partition coefficient (Wildman–Crippen LogP) is 2.51. The van der Waals surface area contributed by atoms with Gasteiger partial charge < -0.3 is 5.32 Å². The summed E-state index contributed by atoms with van der Waals surface area (Å²) in [6.07, 6.45) is 10.1. The minimum absolute atomic E-state index is 0.793. The van der Waals surface area contributed by atoms with Crippen LogP contribution >= 0.6 is 0 Å². The summed E-state index contributed by atoms with van der Waals surface area (Å²) in [5.74, 6) is 0. The van der Waals surface area contributed by atoms with Gasteiger partial charge in [-0.3, -0.25) is 9.36 Å².